The van der Waals surface area contributed by atoms with E-state index in [0.717, 1.165) is 30.7 Å². The van der Waals surface area contributed by atoms with Gasteiger partial charge in [-0.3, -0.25) is 4.90 Å². The summed E-state index contributed by atoms with van der Waals surface area (Å²) in [6.07, 6.45) is 5.29. The number of nitrogens with zero attached hydrogens (tertiary/aromatic N) is 1. The molecule has 1 aliphatic carbocycles. The van der Waals surface area contributed by atoms with Crippen molar-refractivity contribution >= 4 is 0 Å². The van der Waals surface area contributed by atoms with Crippen molar-refractivity contribution in [2.45, 2.75) is 78.6 Å². The lowest BCUT2D eigenvalue weighted by Gasteiger charge is -2.20. The molecule has 1 aliphatic rings. The lowest BCUT2D eigenvalue weighted by atomic mass is 10.2. The maximum atomic E-state index is 5.95. The number of unbranched alkanes of at least 4 members (excludes halogenated alkanes) is 1. The Hall–Kier alpha value is -0.800. The molecule has 2 rings (SSSR count). The second-order valence-corrected chi connectivity index (χ2v) is 6.38. The van der Waals surface area contributed by atoms with E-state index in [0.29, 0.717) is 6.04 Å². The fraction of sp³-hybridized carbons (Fsp3) is 0.765. The van der Waals surface area contributed by atoms with E-state index in [4.69, 9.17) is 4.42 Å². The molecule has 3 nitrogen and oxygen atoms in total. The van der Waals surface area contributed by atoms with E-state index in [1.807, 2.05) is 0 Å². The van der Waals surface area contributed by atoms with Crippen molar-refractivity contribution in [1.82, 2.24) is 10.2 Å². The fourth-order valence-electron chi connectivity index (χ4n) is 2.55. The molecule has 1 aromatic rings. The van der Waals surface area contributed by atoms with Crippen LogP contribution in [0.1, 0.15) is 63.5 Å². The van der Waals surface area contributed by atoms with Gasteiger partial charge in [0.15, 0.2) is 0 Å². The summed E-state index contributed by atoms with van der Waals surface area (Å²) in [7, 11) is 0. The molecule has 0 aliphatic heterocycles. The fourth-order valence-corrected chi connectivity index (χ4v) is 2.55. The number of hydrogen-bond donors (Lipinski definition) is 1. The average molecular weight is 278 g/mol. The van der Waals surface area contributed by atoms with Gasteiger partial charge in [-0.15, -0.1) is 0 Å². The van der Waals surface area contributed by atoms with E-state index in [1.54, 1.807) is 0 Å². The Bertz CT molecular complexity index is 407. The van der Waals surface area contributed by atoms with Crippen LogP contribution < -0.4 is 5.32 Å². The molecule has 0 unspecified atom stereocenters. The first-order valence-corrected chi connectivity index (χ1v) is 8.15. The molecule has 1 saturated carbocycles. The summed E-state index contributed by atoms with van der Waals surface area (Å²) in [5, 5.41) is 3.47. The number of hydrogen-bond acceptors (Lipinski definition) is 3. The minimum absolute atomic E-state index is 0.514. The van der Waals surface area contributed by atoms with Crippen molar-refractivity contribution < 1.29 is 4.42 Å². The lowest BCUT2D eigenvalue weighted by molar-refractivity contribution is 0.229. The van der Waals surface area contributed by atoms with Crippen LogP contribution in [-0.2, 0) is 13.1 Å². The Kier molecular flexibility index (Phi) is 5.67. The molecule has 0 radical (unpaired) electrons. The first-order valence-electron chi connectivity index (χ1n) is 8.15. The summed E-state index contributed by atoms with van der Waals surface area (Å²) in [6, 6.07) is 3.57. The number of furan rings is 1. The summed E-state index contributed by atoms with van der Waals surface area (Å²) in [5.74, 6) is 2.20. The van der Waals surface area contributed by atoms with Gasteiger partial charge in [-0.1, -0.05) is 27.2 Å². The molecule has 1 aromatic heterocycles. The summed E-state index contributed by atoms with van der Waals surface area (Å²) in [4.78, 5) is 2.60. The van der Waals surface area contributed by atoms with Gasteiger partial charge in [0.05, 0.1) is 6.54 Å². The molecule has 20 heavy (non-hydrogen) atoms. The second-order valence-electron chi connectivity index (χ2n) is 6.38. The summed E-state index contributed by atoms with van der Waals surface area (Å²) in [6.45, 7) is 11.8. The van der Waals surface area contributed by atoms with Crippen LogP contribution in [0.2, 0.25) is 0 Å². The lowest BCUT2D eigenvalue weighted by Crippen LogP contribution is -2.26. The van der Waals surface area contributed by atoms with Gasteiger partial charge < -0.3 is 9.73 Å². The van der Waals surface area contributed by atoms with Crippen molar-refractivity contribution in [2.24, 2.45) is 0 Å². The maximum absolute atomic E-state index is 5.95. The van der Waals surface area contributed by atoms with Crippen LogP contribution in [0.5, 0.6) is 0 Å². The third-order valence-electron chi connectivity index (χ3n) is 3.99. The van der Waals surface area contributed by atoms with Crippen molar-refractivity contribution in [3.8, 4) is 0 Å². The first kappa shape index (κ1) is 15.6. The SMILES string of the molecule is CCCCN(Cc1cc(CNC(C)C)c(C)o1)C1CC1. The summed E-state index contributed by atoms with van der Waals surface area (Å²) >= 11 is 0. The Morgan fingerprint density at radius 3 is 2.75 bits per heavy atom. The third kappa shape index (κ3) is 4.64. The second kappa shape index (κ2) is 7.28. The topological polar surface area (TPSA) is 28.4 Å². The average Bonchev–Trinajstić information content (AvgIpc) is 3.17. The molecule has 1 fully saturated rings. The third-order valence-corrected chi connectivity index (χ3v) is 3.99. The van der Waals surface area contributed by atoms with Crippen LogP contribution in [0.3, 0.4) is 0 Å². The van der Waals surface area contributed by atoms with Crippen molar-refractivity contribution in [3.63, 3.8) is 0 Å². The first-order chi connectivity index (χ1) is 9.60. The van der Waals surface area contributed by atoms with Gasteiger partial charge in [0.1, 0.15) is 11.5 Å². The molecule has 0 aromatic carbocycles. The molecule has 0 spiro atoms. The van der Waals surface area contributed by atoms with Crippen molar-refractivity contribution in [3.05, 3.63) is 23.2 Å². The van der Waals surface area contributed by atoms with Crippen molar-refractivity contribution in [1.29, 1.82) is 0 Å². The highest BCUT2D eigenvalue weighted by Gasteiger charge is 2.29. The Morgan fingerprint density at radius 1 is 1.40 bits per heavy atom. The molecule has 3 heteroatoms. The maximum Gasteiger partial charge on any atom is 0.118 e. The van der Waals surface area contributed by atoms with Crippen LogP contribution in [0.25, 0.3) is 0 Å². The molecular weight excluding hydrogens is 248 g/mol. The van der Waals surface area contributed by atoms with E-state index in [1.165, 1.54) is 37.8 Å². The predicted octanol–water partition coefficient (Wildman–Crippen LogP) is 3.85. The number of nitrogens with one attached hydrogen (secondary N) is 1. The highest BCUT2D eigenvalue weighted by Crippen LogP contribution is 2.29. The molecule has 0 bridgehead atoms. The Balaban J connectivity index is 1.92. The predicted molar refractivity (Wildman–Crippen MR) is 83.8 cm³/mol. The van der Waals surface area contributed by atoms with E-state index < -0.39 is 0 Å². The minimum atomic E-state index is 0.514. The molecule has 1 heterocycles. The van der Waals surface area contributed by atoms with E-state index in [9.17, 15) is 0 Å². The van der Waals surface area contributed by atoms with Gasteiger partial charge in [-0.25, -0.2) is 0 Å². The van der Waals surface area contributed by atoms with E-state index >= 15 is 0 Å². The highest BCUT2D eigenvalue weighted by molar-refractivity contribution is 5.21. The normalized spacial score (nSPS) is 15.5. The molecule has 0 saturated heterocycles. The van der Waals surface area contributed by atoms with E-state index in [2.05, 4.69) is 44.0 Å². The standard InChI is InChI=1S/C17H30N2O/c1-5-6-9-19(16-7-8-16)12-17-10-15(14(4)20-17)11-18-13(2)3/h10,13,16,18H,5-9,11-12H2,1-4H3. The van der Waals surface area contributed by atoms with Crippen LogP contribution in [0, 0.1) is 6.92 Å². The van der Waals surface area contributed by atoms with Gasteiger partial charge in [0, 0.05) is 24.2 Å². The molecule has 1 N–H and O–H groups in total. The molecule has 0 amide bonds. The molecule has 114 valence electrons. The van der Waals surface area contributed by atoms with Gasteiger partial charge in [-0.05, 0) is 38.8 Å². The quantitative estimate of drug-likeness (QED) is 0.743. The van der Waals surface area contributed by atoms with Gasteiger partial charge in [0.2, 0.25) is 0 Å². The summed E-state index contributed by atoms with van der Waals surface area (Å²) in [5.41, 5.74) is 1.31. The Labute approximate surface area is 123 Å². The number of aryl methyl sites for hydroxylation is 1. The van der Waals surface area contributed by atoms with Gasteiger partial charge >= 0.3 is 0 Å². The Morgan fingerprint density at radius 2 is 2.15 bits per heavy atom. The van der Waals surface area contributed by atoms with Crippen molar-refractivity contribution in [2.75, 3.05) is 6.54 Å². The van der Waals surface area contributed by atoms with Crippen LogP contribution in [0.4, 0.5) is 0 Å². The van der Waals surface area contributed by atoms with Crippen LogP contribution >= 0.6 is 0 Å². The smallest absolute Gasteiger partial charge is 0.118 e. The molecule has 0 atom stereocenters. The zero-order valence-electron chi connectivity index (χ0n) is 13.5. The highest BCUT2D eigenvalue weighted by atomic mass is 16.3. The zero-order chi connectivity index (χ0) is 14.5. The van der Waals surface area contributed by atoms with Gasteiger partial charge in [0.25, 0.3) is 0 Å². The largest absolute Gasteiger partial charge is 0.465 e. The van der Waals surface area contributed by atoms with Crippen LogP contribution in [-0.4, -0.2) is 23.5 Å². The van der Waals surface area contributed by atoms with E-state index in [-0.39, 0.29) is 0 Å². The minimum Gasteiger partial charge on any atom is -0.465 e. The monoisotopic (exact) mass is 278 g/mol. The number of rotatable bonds is 9. The van der Waals surface area contributed by atoms with Gasteiger partial charge in [-0.2, -0.15) is 0 Å². The zero-order valence-corrected chi connectivity index (χ0v) is 13.5. The molecular formula is C17H30N2O. The van der Waals surface area contributed by atoms with Crippen LogP contribution in [0.15, 0.2) is 10.5 Å². The summed E-state index contributed by atoms with van der Waals surface area (Å²) < 4.78 is 5.95.